The van der Waals surface area contributed by atoms with Gasteiger partial charge >= 0.3 is 5.97 Å². The standard InChI is InChI=1S/C20H15ClN2O4.C2H6/c1-10-8-15(21)11(2)14-9-16(26-17(10)14)19-22-18(23-27-19)12-4-6-13(7-5-12)20(24)25-3;1-2/h4-9H,1-3H3;1-2H3. The highest BCUT2D eigenvalue weighted by Gasteiger charge is 2.18. The molecule has 0 radical (unpaired) electrons. The molecule has 0 spiro atoms. The summed E-state index contributed by atoms with van der Waals surface area (Å²) in [6.07, 6.45) is 0. The van der Waals surface area contributed by atoms with Crippen molar-refractivity contribution < 1.29 is 18.5 Å². The van der Waals surface area contributed by atoms with E-state index in [4.69, 9.17) is 20.5 Å². The maximum atomic E-state index is 11.5. The molecule has 2 aromatic heterocycles. The Labute approximate surface area is 173 Å². The van der Waals surface area contributed by atoms with Gasteiger partial charge in [-0.3, -0.25) is 0 Å². The number of aromatic nitrogens is 2. The highest BCUT2D eigenvalue weighted by atomic mass is 35.5. The van der Waals surface area contributed by atoms with Crippen molar-refractivity contribution in [1.29, 1.82) is 0 Å². The largest absolute Gasteiger partial charge is 0.465 e. The SMILES string of the molecule is CC.COC(=O)c1ccc(-c2noc(-c3cc4c(C)c(Cl)cc(C)c4o3)n2)cc1. The number of aryl methyl sites for hydroxylation is 2. The van der Waals surface area contributed by atoms with Crippen LogP contribution in [0.1, 0.15) is 35.3 Å². The number of carbonyl (C=O) groups is 1. The molecule has 0 N–H and O–H groups in total. The summed E-state index contributed by atoms with van der Waals surface area (Å²) in [7, 11) is 1.34. The minimum absolute atomic E-state index is 0.271. The first-order valence-corrected chi connectivity index (χ1v) is 9.58. The van der Waals surface area contributed by atoms with E-state index in [-0.39, 0.29) is 5.89 Å². The van der Waals surface area contributed by atoms with Crippen molar-refractivity contribution in [2.45, 2.75) is 27.7 Å². The Balaban J connectivity index is 0.00000117. The van der Waals surface area contributed by atoms with Crippen molar-refractivity contribution in [3.8, 4) is 23.0 Å². The molecule has 6 nitrogen and oxygen atoms in total. The molecule has 0 aliphatic heterocycles. The minimum atomic E-state index is -0.401. The van der Waals surface area contributed by atoms with Crippen LogP contribution in [-0.2, 0) is 4.74 Å². The van der Waals surface area contributed by atoms with E-state index in [9.17, 15) is 4.79 Å². The van der Waals surface area contributed by atoms with Crippen LogP contribution in [0.2, 0.25) is 5.02 Å². The van der Waals surface area contributed by atoms with Crippen molar-refractivity contribution in [2.24, 2.45) is 0 Å². The quantitative estimate of drug-likeness (QED) is 0.371. The number of furan rings is 1. The summed E-state index contributed by atoms with van der Waals surface area (Å²) in [5, 5.41) is 5.60. The lowest BCUT2D eigenvalue weighted by molar-refractivity contribution is 0.0600. The number of methoxy groups -OCH3 is 1. The number of hydrogen-bond acceptors (Lipinski definition) is 6. The summed E-state index contributed by atoms with van der Waals surface area (Å²) in [5.74, 6) is 0.743. The number of halogens is 1. The van der Waals surface area contributed by atoms with Gasteiger partial charge in [0.2, 0.25) is 5.82 Å². The predicted octanol–water partition coefficient (Wildman–Crippen LogP) is 6.23. The first-order valence-electron chi connectivity index (χ1n) is 9.20. The lowest BCUT2D eigenvalue weighted by Gasteiger charge is -2.01. The summed E-state index contributed by atoms with van der Waals surface area (Å²) in [5.41, 5.74) is 3.78. The Morgan fingerprint density at radius 2 is 1.79 bits per heavy atom. The molecular weight excluding hydrogens is 392 g/mol. The smallest absolute Gasteiger partial charge is 0.337 e. The zero-order chi connectivity index (χ0) is 21.1. The zero-order valence-electron chi connectivity index (χ0n) is 16.9. The van der Waals surface area contributed by atoms with Gasteiger partial charge in [0.05, 0.1) is 12.7 Å². The molecule has 0 atom stereocenters. The molecule has 150 valence electrons. The van der Waals surface area contributed by atoms with Crippen LogP contribution in [0.4, 0.5) is 0 Å². The van der Waals surface area contributed by atoms with Gasteiger partial charge in [-0.2, -0.15) is 4.98 Å². The van der Waals surface area contributed by atoms with E-state index in [2.05, 4.69) is 14.9 Å². The number of benzene rings is 2. The molecule has 0 saturated heterocycles. The van der Waals surface area contributed by atoms with Crippen LogP contribution in [0.15, 0.2) is 45.3 Å². The number of ether oxygens (including phenoxy) is 1. The third-order valence-corrected chi connectivity index (χ3v) is 4.79. The van der Waals surface area contributed by atoms with Gasteiger partial charge in [0.25, 0.3) is 5.89 Å². The Bertz CT molecular complexity index is 1160. The van der Waals surface area contributed by atoms with Crippen LogP contribution >= 0.6 is 11.6 Å². The summed E-state index contributed by atoms with van der Waals surface area (Å²) in [4.78, 5) is 15.9. The molecule has 4 rings (SSSR count). The van der Waals surface area contributed by atoms with Gasteiger partial charge < -0.3 is 13.7 Å². The van der Waals surface area contributed by atoms with Crippen LogP contribution in [0.5, 0.6) is 0 Å². The average molecular weight is 413 g/mol. The number of rotatable bonds is 3. The second kappa shape index (κ2) is 8.49. The monoisotopic (exact) mass is 412 g/mol. The molecule has 0 fully saturated rings. The van der Waals surface area contributed by atoms with E-state index in [1.54, 1.807) is 24.3 Å². The molecule has 0 saturated carbocycles. The van der Waals surface area contributed by atoms with Crippen LogP contribution < -0.4 is 0 Å². The molecule has 2 heterocycles. The highest BCUT2D eigenvalue weighted by molar-refractivity contribution is 6.32. The number of carbonyl (C=O) groups excluding carboxylic acids is 1. The average Bonchev–Trinajstić information content (AvgIpc) is 3.41. The van der Waals surface area contributed by atoms with E-state index in [0.717, 1.165) is 22.1 Å². The first-order chi connectivity index (χ1) is 14.0. The second-order valence-electron chi connectivity index (χ2n) is 6.15. The lowest BCUT2D eigenvalue weighted by Crippen LogP contribution is -2.00. The van der Waals surface area contributed by atoms with Gasteiger partial charge in [0, 0.05) is 16.0 Å². The highest BCUT2D eigenvalue weighted by Crippen LogP contribution is 2.35. The molecule has 4 aromatic rings. The van der Waals surface area contributed by atoms with Gasteiger partial charge in [-0.1, -0.05) is 42.7 Å². The summed E-state index contributed by atoms with van der Waals surface area (Å²) in [6, 6.07) is 10.5. The van der Waals surface area contributed by atoms with E-state index in [1.165, 1.54) is 7.11 Å². The predicted molar refractivity (Wildman–Crippen MR) is 112 cm³/mol. The summed E-state index contributed by atoms with van der Waals surface area (Å²) >= 11 is 6.25. The van der Waals surface area contributed by atoms with Gasteiger partial charge in [-0.05, 0) is 49.2 Å². The normalized spacial score (nSPS) is 10.6. The second-order valence-corrected chi connectivity index (χ2v) is 6.55. The molecule has 2 aromatic carbocycles. The Morgan fingerprint density at radius 1 is 1.10 bits per heavy atom. The number of nitrogens with zero attached hydrogens (tertiary/aromatic N) is 2. The van der Waals surface area contributed by atoms with Crippen LogP contribution in [0.3, 0.4) is 0 Å². The molecule has 0 bridgehead atoms. The molecular formula is C22H21ClN2O4. The number of esters is 1. The fourth-order valence-electron chi connectivity index (χ4n) is 2.87. The van der Waals surface area contributed by atoms with Gasteiger partial charge in [0.1, 0.15) is 5.58 Å². The Kier molecular flexibility index (Phi) is 6.03. The molecule has 0 aliphatic carbocycles. The zero-order valence-corrected chi connectivity index (χ0v) is 17.6. The molecule has 29 heavy (non-hydrogen) atoms. The molecule has 7 heteroatoms. The van der Waals surface area contributed by atoms with Crippen molar-refractivity contribution >= 4 is 28.5 Å². The lowest BCUT2D eigenvalue weighted by atomic mass is 10.1. The molecule has 0 unspecified atom stereocenters. The van der Waals surface area contributed by atoms with Crippen molar-refractivity contribution in [3.63, 3.8) is 0 Å². The Hall–Kier alpha value is -3.12. The maximum absolute atomic E-state index is 11.5. The topological polar surface area (TPSA) is 78.4 Å². The van der Waals surface area contributed by atoms with Crippen LogP contribution in [0.25, 0.3) is 34.0 Å². The third-order valence-electron chi connectivity index (χ3n) is 4.40. The minimum Gasteiger partial charge on any atom is -0.465 e. The number of hydrogen-bond donors (Lipinski definition) is 0. The van der Waals surface area contributed by atoms with Gasteiger partial charge in [0.15, 0.2) is 5.76 Å². The summed E-state index contributed by atoms with van der Waals surface area (Å²) < 4.78 is 16.0. The first kappa shape index (κ1) is 20.6. The maximum Gasteiger partial charge on any atom is 0.337 e. The molecule has 0 aliphatic rings. The van der Waals surface area contributed by atoms with Gasteiger partial charge in [-0.25, -0.2) is 4.79 Å². The van der Waals surface area contributed by atoms with Crippen molar-refractivity contribution in [3.05, 3.63) is 58.1 Å². The summed E-state index contributed by atoms with van der Waals surface area (Å²) in [6.45, 7) is 7.87. The number of fused-ring (bicyclic) bond motifs is 1. The molecule has 0 amide bonds. The fraction of sp³-hybridized carbons (Fsp3) is 0.227. The van der Waals surface area contributed by atoms with Gasteiger partial charge in [-0.15, -0.1) is 0 Å². The Morgan fingerprint density at radius 3 is 2.45 bits per heavy atom. The fourth-order valence-corrected chi connectivity index (χ4v) is 3.14. The van der Waals surface area contributed by atoms with E-state index < -0.39 is 5.97 Å². The van der Waals surface area contributed by atoms with E-state index in [0.29, 0.717) is 27.7 Å². The van der Waals surface area contributed by atoms with Crippen LogP contribution in [0, 0.1) is 13.8 Å². The van der Waals surface area contributed by atoms with E-state index >= 15 is 0 Å². The van der Waals surface area contributed by atoms with Crippen molar-refractivity contribution in [2.75, 3.05) is 7.11 Å². The third kappa shape index (κ3) is 3.89. The van der Waals surface area contributed by atoms with E-state index in [1.807, 2.05) is 39.8 Å². The van der Waals surface area contributed by atoms with Crippen molar-refractivity contribution in [1.82, 2.24) is 10.1 Å². The van der Waals surface area contributed by atoms with Crippen LogP contribution in [-0.4, -0.2) is 23.2 Å².